The predicted molar refractivity (Wildman–Crippen MR) is 85.0 cm³/mol. The minimum Gasteiger partial charge on any atom is -0.480 e. The molecule has 2 aromatic rings. The van der Waals surface area contributed by atoms with Gasteiger partial charge in [0.1, 0.15) is 11.9 Å². The van der Waals surface area contributed by atoms with Crippen molar-refractivity contribution in [3.63, 3.8) is 0 Å². The van der Waals surface area contributed by atoms with Gasteiger partial charge in [0.15, 0.2) is 0 Å². The van der Waals surface area contributed by atoms with Crippen molar-refractivity contribution in [1.29, 1.82) is 0 Å². The van der Waals surface area contributed by atoms with Gasteiger partial charge < -0.3 is 9.63 Å². The molecule has 7 heteroatoms. The molecule has 2 heterocycles. The van der Waals surface area contributed by atoms with Gasteiger partial charge in [0.25, 0.3) is 0 Å². The first-order valence-electron chi connectivity index (χ1n) is 8.10. The lowest BCUT2D eigenvalue weighted by molar-refractivity contribution is -0.142. The fourth-order valence-corrected chi connectivity index (χ4v) is 3.01. The molecule has 1 saturated heterocycles. The number of aromatic nitrogens is 2. The number of aliphatic carboxylic acids is 1. The number of rotatable bonds is 6. The summed E-state index contributed by atoms with van der Waals surface area (Å²) in [5.74, 6) is -0.202. The van der Waals surface area contributed by atoms with Gasteiger partial charge in [0.2, 0.25) is 11.7 Å². The maximum Gasteiger partial charge on any atom is 0.320 e. The first kappa shape index (κ1) is 16.6. The number of carboxylic acids is 1. The number of benzene rings is 1. The summed E-state index contributed by atoms with van der Waals surface area (Å²) in [5.41, 5.74) is 1.15. The Balaban J connectivity index is 1.56. The van der Waals surface area contributed by atoms with Crippen molar-refractivity contribution in [2.75, 3.05) is 13.1 Å². The Labute approximate surface area is 139 Å². The number of aryl methyl sites for hydroxylation is 2. The smallest absolute Gasteiger partial charge is 0.320 e. The van der Waals surface area contributed by atoms with Crippen LogP contribution in [0, 0.1) is 12.7 Å². The fraction of sp³-hybridized carbons (Fsp3) is 0.471. The van der Waals surface area contributed by atoms with Crippen LogP contribution in [0.2, 0.25) is 0 Å². The van der Waals surface area contributed by atoms with E-state index < -0.39 is 5.97 Å². The fourth-order valence-electron chi connectivity index (χ4n) is 3.01. The second kappa shape index (κ2) is 7.09. The summed E-state index contributed by atoms with van der Waals surface area (Å²) in [7, 11) is 0. The number of hydrogen-bond acceptors (Lipinski definition) is 5. The van der Waals surface area contributed by atoms with E-state index in [4.69, 9.17) is 9.63 Å². The Morgan fingerprint density at radius 2 is 2.33 bits per heavy atom. The van der Waals surface area contributed by atoms with Crippen LogP contribution in [0.5, 0.6) is 0 Å². The van der Waals surface area contributed by atoms with Gasteiger partial charge in [-0.3, -0.25) is 9.69 Å². The van der Waals surface area contributed by atoms with E-state index in [-0.39, 0.29) is 11.9 Å². The van der Waals surface area contributed by atoms with Crippen molar-refractivity contribution >= 4 is 5.97 Å². The van der Waals surface area contributed by atoms with Crippen LogP contribution >= 0.6 is 0 Å². The largest absolute Gasteiger partial charge is 0.480 e. The van der Waals surface area contributed by atoms with E-state index in [1.807, 2.05) is 4.90 Å². The molecule has 0 spiro atoms. The molecular weight excluding hydrogens is 313 g/mol. The Morgan fingerprint density at radius 3 is 3.08 bits per heavy atom. The van der Waals surface area contributed by atoms with Crippen molar-refractivity contribution < 1.29 is 18.8 Å². The summed E-state index contributed by atoms with van der Waals surface area (Å²) < 4.78 is 18.8. The SMILES string of the molecule is Cc1ccc(-c2noc(CCCN3CCC[C@@H]3C(=O)O)n2)cc1F. The van der Waals surface area contributed by atoms with Crippen molar-refractivity contribution in [2.24, 2.45) is 0 Å². The number of halogens is 1. The molecule has 1 aliphatic rings. The highest BCUT2D eigenvalue weighted by molar-refractivity contribution is 5.73. The van der Waals surface area contributed by atoms with Gasteiger partial charge in [-0.1, -0.05) is 17.3 Å². The lowest BCUT2D eigenvalue weighted by atomic mass is 10.1. The first-order chi connectivity index (χ1) is 11.5. The molecule has 3 rings (SSSR count). The average Bonchev–Trinajstić information content (AvgIpc) is 3.19. The molecule has 0 saturated carbocycles. The number of carbonyl (C=O) groups is 1. The molecule has 1 atom stereocenters. The molecule has 1 aromatic heterocycles. The number of likely N-dealkylation sites (tertiary alicyclic amines) is 1. The Kier molecular flexibility index (Phi) is 4.89. The second-order valence-corrected chi connectivity index (χ2v) is 6.11. The summed E-state index contributed by atoms with van der Waals surface area (Å²) in [5, 5.41) is 13.0. The summed E-state index contributed by atoms with van der Waals surface area (Å²) in [6.07, 6.45) is 2.94. The zero-order valence-electron chi connectivity index (χ0n) is 13.5. The van der Waals surface area contributed by atoms with Gasteiger partial charge in [0.05, 0.1) is 0 Å². The van der Waals surface area contributed by atoms with E-state index in [1.54, 1.807) is 19.1 Å². The van der Waals surface area contributed by atoms with E-state index in [0.29, 0.717) is 42.2 Å². The van der Waals surface area contributed by atoms with E-state index in [2.05, 4.69) is 10.1 Å². The average molecular weight is 333 g/mol. The first-order valence-corrected chi connectivity index (χ1v) is 8.10. The summed E-state index contributed by atoms with van der Waals surface area (Å²) >= 11 is 0. The third kappa shape index (κ3) is 3.62. The Bertz CT molecular complexity index is 732. The van der Waals surface area contributed by atoms with E-state index >= 15 is 0 Å². The molecule has 0 unspecified atom stereocenters. The van der Waals surface area contributed by atoms with Crippen LogP contribution in [-0.2, 0) is 11.2 Å². The van der Waals surface area contributed by atoms with Crippen LogP contribution in [0.3, 0.4) is 0 Å². The zero-order valence-corrected chi connectivity index (χ0v) is 13.5. The number of nitrogens with zero attached hydrogens (tertiary/aromatic N) is 3. The molecule has 0 bridgehead atoms. The highest BCUT2D eigenvalue weighted by atomic mass is 19.1. The summed E-state index contributed by atoms with van der Waals surface area (Å²) in [6.45, 7) is 3.20. The molecule has 1 N–H and O–H groups in total. The standard InChI is InChI=1S/C17H20FN3O3/c1-11-6-7-12(10-13(11)18)16-19-15(24-20-16)5-3-9-21-8-2-4-14(21)17(22)23/h6-7,10,14H,2-5,8-9H2,1H3,(H,22,23)/t14-/m1/s1. The highest BCUT2D eigenvalue weighted by Crippen LogP contribution is 2.20. The van der Waals surface area contributed by atoms with Crippen molar-refractivity contribution in [2.45, 2.75) is 38.6 Å². The minimum absolute atomic E-state index is 0.299. The third-order valence-corrected chi connectivity index (χ3v) is 4.38. The number of carboxylic acid groups (broad SMARTS) is 1. The van der Waals surface area contributed by atoms with Crippen LogP contribution in [0.25, 0.3) is 11.4 Å². The van der Waals surface area contributed by atoms with Crippen LogP contribution in [0.4, 0.5) is 4.39 Å². The van der Waals surface area contributed by atoms with Crippen LogP contribution in [0.15, 0.2) is 22.7 Å². The van der Waals surface area contributed by atoms with Gasteiger partial charge in [-0.2, -0.15) is 4.98 Å². The molecule has 0 aliphatic carbocycles. The molecule has 128 valence electrons. The third-order valence-electron chi connectivity index (χ3n) is 4.38. The van der Waals surface area contributed by atoms with Gasteiger partial charge in [-0.05, 0) is 50.9 Å². The van der Waals surface area contributed by atoms with Gasteiger partial charge in [-0.25, -0.2) is 4.39 Å². The molecule has 1 aromatic carbocycles. The zero-order chi connectivity index (χ0) is 17.1. The lowest BCUT2D eigenvalue weighted by Crippen LogP contribution is -2.36. The van der Waals surface area contributed by atoms with Crippen molar-refractivity contribution in [3.05, 3.63) is 35.5 Å². The molecule has 0 radical (unpaired) electrons. The molecule has 1 fully saturated rings. The topological polar surface area (TPSA) is 79.5 Å². The van der Waals surface area contributed by atoms with E-state index in [9.17, 15) is 9.18 Å². The van der Waals surface area contributed by atoms with E-state index in [0.717, 1.165) is 19.4 Å². The maximum atomic E-state index is 13.6. The minimum atomic E-state index is -0.756. The number of hydrogen-bond donors (Lipinski definition) is 1. The monoisotopic (exact) mass is 333 g/mol. The van der Waals surface area contributed by atoms with Crippen LogP contribution in [0.1, 0.15) is 30.7 Å². The van der Waals surface area contributed by atoms with Crippen molar-refractivity contribution in [1.82, 2.24) is 15.0 Å². The van der Waals surface area contributed by atoms with Gasteiger partial charge in [-0.15, -0.1) is 0 Å². The highest BCUT2D eigenvalue weighted by Gasteiger charge is 2.29. The summed E-state index contributed by atoms with van der Waals surface area (Å²) in [4.78, 5) is 17.4. The van der Waals surface area contributed by atoms with Crippen LogP contribution in [-0.4, -0.2) is 45.2 Å². The quantitative estimate of drug-likeness (QED) is 0.875. The van der Waals surface area contributed by atoms with Crippen molar-refractivity contribution in [3.8, 4) is 11.4 Å². The lowest BCUT2D eigenvalue weighted by Gasteiger charge is -2.20. The molecule has 24 heavy (non-hydrogen) atoms. The molecule has 1 aliphatic heterocycles. The van der Waals surface area contributed by atoms with Crippen LogP contribution < -0.4 is 0 Å². The predicted octanol–water partition coefficient (Wildman–Crippen LogP) is 2.67. The Hall–Kier alpha value is -2.28. The van der Waals surface area contributed by atoms with Gasteiger partial charge >= 0.3 is 5.97 Å². The van der Waals surface area contributed by atoms with E-state index in [1.165, 1.54) is 6.07 Å². The maximum absolute atomic E-state index is 13.6. The second-order valence-electron chi connectivity index (χ2n) is 6.11. The normalized spacial score (nSPS) is 18.2. The Morgan fingerprint density at radius 1 is 1.50 bits per heavy atom. The molecule has 6 nitrogen and oxygen atoms in total. The molecule has 0 amide bonds. The summed E-state index contributed by atoms with van der Waals surface area (Å²) in [6, 6.07) is 4.46. The van der Waals surface area contributed by atoms with Gasteiger partial charge in [0, 0.05) is 12.0 Å². The molecular formula is C17H20FN3O3.